The highest BCUT2D eigenvalue weighted by atomic mass is 16.3. The number of benzene rings is 1. The number of piperidine rings is 1. The van der Waals surface area contributed by atoms with Crippen molar-refractivity contribution in [3.8, 4) is 5.75 Å². The molecule has 1 heterocycles. The number of rotatable bonds is 1. The summed E-state index contributed by atoms with van der Waals surface area (Å²) in [4.78, 5) is 13.4. The average molecular weight is 271 g/mol. The molecule has 4 rings (SSSR count). The molecule has 1 saturated heterocycles. The maximum Gasteiger partial charge on any atom is 0.209 e. The first kappa shape index (κ1) is 12.2. The van der Waals surface area contributed by atoms with E-state index in [1.807, 2.05) is 11.0 Å². The number of hydrogen-bond donors (Lipinski definition) is 1. The van der Waals surface area contributed by atoms with Crippen LogP contribution in [0.4, 0.5) is 0 Å². The van der Waals surface area contributed by atoms with Gasteiger partial charge < -0.3 is 10.0 Å². The monoisotopic (exact) mass is 271 g/mol. The van der Waals surface area contributed by atoms with Crippen LogP contribution in [0.25, 0.3) is 0 Å². The normalized spacial score (nSPS) is 35.1. The Morgan fingerprint density at radius 3 is 3.05 bits per heavy atom. The Morgan fingerprint density at radius 2 is 2.20 bits per heavy atom. The average Bonchev–Trinajstić information content (AvgIpc) is 2.48. The fourth-order valence-electron chi connectivity index (χ4n) is 5.15. The van der Waals surface area contributed by atoms with Gasteiger partial charge >= 0.3 is 0 Å². The number of phenols is 1. The van der Waals surface area contributed by atoms with Gasteiger partial charge in [0.15, 0.2) is 0 Å². The smallest absolute Gasteiger partial charge is 0.209 e. The maximum atomic E-state index is 11.4. The van der Waals surface area contributed by atoms with Crippen molar-refractivity contribution in [2.45, 2.75) is 50.0 Å². The Labute approximate surface area is 119 Å². The van der Waals surface area contributed by atoms with E-state index in [2.05, 4.69) is 6.07 Å². The van der Waals surface area contributed by atoms with E-state index in [0.717, 1.165) is 25.8 Å². The Morgan fingerprint density at radius 1 is 1.30 bits per heavy atom. The van der Waals surface area contributed by atoms with E-state index in [0.29, 0.717) is 17.7 Å². The zero-order chi connectivity index (χ0) is 13.7. The quantitative estimate of drug-likeness (QED) is 0.798. The lowest BCUT2D eigenvalue weighted by Gasteiger charge is -2.58. The van der Waals surface area contributed by atoms with Crippen molar-refractivity contribution in [3.63, 3.8) is 0 Å². The summed E-state index contributed by atoms with van der Waals surface area (Å²) in [6, 6.07) is 6.23. The summed E-state index contributed by atoms with van der Waals surface area (Å²) in [6.07, 6.45) is 8.07. The molecule has 0 spiro atoms. The second-order valence-corrected chi connectivity index (χ2v) is 6.71. The molecule has 1 amide bonds. The van der Waals surface area contributed by atoms with Gasteiger partial charge in [0.25, 0.3) is 0 Å². The second kappa shape index (κ2) is 4.24. The number of nitrogens with zero attached hydrogens (tertiary/aromatic N) is 1. The van der Waals surface area contributed by atoms with E-state index < -0.39 is 0 Å². The van der Waals surface area contributed by atoms with Crippen molar-refractivity contribution < 1.29 is 9.90 Å². The van der Waals surface area contributed by atoms with E-state index >= 15 is 0 Å². The third-order valence-electron chi connectivity index (χ3n) is 6.00. The Bertz CT molecular complexity index is 556. The highest BCUT2D eigenvalue weighted by Crippen LogP contribution is 2.55. The molecule has 1 N–H and O–H groups in total. The van der Waals surface area contributed by atoms with Crippen LogP contribution in [0, 0.1) is 5.92 Å². The second-order valence-electron chi connectivity index (χ2n) is 6.71. The Balaban J connectivity index is 1.89. The SMILES string of the molecule is O=CN1CC[C@]23CCCCC2[C@H]1Cc1ccc(O)cc13. The van der Waals surface area contributed by atoms with Gasteiger partial charge in [0.1, 0.15) is 5.75 Å². The molecule has 3 aliphatic rings. The number of aromatic hydroxyl groups is 1. The van der Waals surface area contributed by atoms with Crippen molar-refractivity contribution >= 4 is 6.41 Å². The first-order valence-corrected chi connectivity index (χ1v) is 7.78. The molecule has 2 fully saturated rings. The lowest BCUT2D eigenvalue weighted by Crippen LogP contribution is -2.60. The third kappa shape index (κ3) is 1.49. The summed E-state index contributed by atoms with van der Waals surface area (Å²) in [5, 5.41) is 9.90. The predicted molar refractivity (Wildman–Crippen MR) is 76.6 cm³/mol. The molecule has 1 aliphatic heterocycles. The zero-order valence-electron chi connectivity index (χ0n) is 11.7. The van der Waals surface area contributed by atoms with Crippen LogP contribution in [0.5, 0.6) is 5.75 Å². The number of amides is 1. The fourth-order valence-corrected chi connectivity index (χ4v) is 5.15. The van der Waals surface area contributed by atoms with Crippen LogP contribution in [0.1, 0.15) is 43.2 Å². The Kier molecular flexibility index (Phi) is 2.60. The van der Waals surface area contributed by atoms with Crippen molar-refractivity contribution in [3.05, 3.63) is 29.3 Å². The van der Waals surface area contributed by atoms with Crippen molar-refractivity contribution in [2.24, 2.45) is 5.92 Å². The van der Waals surface area contributed by atoms with Gasteiger partial charge in [-0.25, -0.2) is 0 Å². The molecule has 1 aromatic carbocycles. The summed E-state index contributed by atoms with van der Waals surface area (Å²) in [6.45, 7) is 0.875. The van der Waals surface area contributed by atoms with E-state index in [9.17, 15) is 9.90 Å². The molecule has 0 aromatic heterocycles. The molecule has 3 atom stereocenters. The standard InChI is InChI=1S/C17H21NO2/c19-11-18-8-7-17-6-2-1-3-14(17)16(18)9-12-4-5-13(20)10-15(12)17/h4-5,10-11,14,16,20H,1-3,6-9H2/t14?,16-,17-/m1/s1. The number of carbonyl (C=O) groups excluding carboxylic acids is 1. The summed E-state index contributed by atoms with van der Waals surface area (Å²) in [5.74, 6) is 0.975. The first-order valence-electron chi connectivity index (χ1n) is 7.78. The lowest BCUT2D eigenvalue weighted by atomic mass is 9.52. The van der Waals surface area contributed by atoms with Gasteiger partial charge in [0, 0.05) is 18.0 Å². The Hall–Kier alpha value is -1.51. The molecule has 2 bridgehead atoms. The van der Waals surface area contributed by atoms with E-state index in [1.165, 1.54) is 36.8 Å². The van der Waals surface area contributed by atoms with E-state index in [-0.39, 0.29) is 5.41 Å². The molecular weight excluding hydrogens is 250 g/mol. The number of fused-ring (bicyclic) bond motifs is 1. The highest BCUT2D eigenvalue weighted by Gasteiger charge is 2.53. The van der Waals surface area contributed by atoms with Crippen molar-refractivity contribution in [1.29, 1.82) is 0 Å². The van der Waals surface area contributed by atoms with Crippen LogP contribution in [0.3, 0.4) is 0 Å². The number of likely N-dealkylation sites (tertiary alicyclic amines) is 1. The van der Waals surface area contributed by atoms with Crippen LogP contribution >= 0.6 is 0 Å². The van der Waals surface area contributed by atoms with Gasteiger partial charge in [0.05, 0.1) is 0 Å². The van der Waals surface area contributed by atoms with Gasteiger partial charge in [-0.05, 0) is 54.9 Å². The van der Waals surface area contributed by atoms with Gasteiger partial charge in [-0.3, -0.25) is 4.79 Å². The van der Waals surface area contributed by atoms with Gasteiger partial charge in [0.2, 0.25) is 6.41 Å². The third-order valence-corrected chi connectivity index (χ3v) is 6.00. The fraction of sp³-hybridized carbons (Fsp3) is 0.588. The molecule has 0 radical (unpaired) electrons. The molecular formula is C17H21NO2. The molecule has 20 heavy (non-hydrogen) atoms. The first-order chi connectivity index (χ1) is 9.74. The van der Waals surface area contributed by atoms with Gasteiger partial charge in [-0.1, -0.05) is 18.9 Å². The largest absolute Gasteiger partial charge is 0.508 e. The molecule has 2 aliphatic carbocycles. The minimum absolute atomic E-state index is 0.217. The summed E-state index contributed by atoms with van der Waals surface area (Å²) in [7, 11) is 0. The minimum Gasteiger partial charge on any atom is -0.508 e. The van der Waals surface area contributed by atoms with Crippen LogP contribution in [0.15, 0.2) is 18.2 Å². The lowest BCUT2D eigenvalue weighted by molar-refractivity contribution is -0.126. The minimum atomic E-state index is 0.217. The number of carbonyl (C=O) groups is 1. The predicted octanol–water partition coefficient (Wildman–Crippen LogP) is 2.61. The number of phenolic OH excluding ortho intramolecular Hbond substituents is 1. The van der Waals surface area contributed by atoms with Crippen molar-refractivity contribution in [1.82, 2.24) is 4.90 Å². The van der Waals surface area contributed by atoms with Crippen LogP contribution in [-0.2, 0) is 16.6 Å². The number of hydrogen-bond acceptors (Lipinski definition) is 2. The molecule has 1 unspecified atom stereocenters. The molecule has 3 heteroatoms. The topological polar surface area (TPSA) is 40.5 Å². The van der Waals surface area contributed by atoms with E-state index in [4.69, 9.17) is 0 Å². The van der Waals surface area contributed by atoms with Crippen molar-refractivity contribution in [2.75, 3.05) is 6.54 Å². The molecule has 1 saturated carbocycles. The zero-order valence-corrected chi connectivity index (χ0v) is 11.7. The maximum absolute atomic E-state index is 11.4. The summed E-state index contributed by atoms with van der Waals surface area (Å²) in [5.41, 5.74) is 2.94. The summed E-state index contributed by atoms with van der Waals surface area (Å²) < 4.78 is 0. The molecule has 3 nitrogen and oxygen atoms in total. The molecule has 106 valence electrons. The van der Waals surface area contributed by atoms with Crippen LogP contribution in [0.2, 0.25) is 0 Å². The van der Waals surface area contributed by atoms with E-state index in [1.54, 1.807) is 6.07 Å². The highest BCUT2D eigenvalue weighted by molar-refractivity contribution is 5.52. The van der Waals surface area contributed by atoms with Gasteiger partial charge in [-0.15, -0.1) is 0 Å². The summed E-state index contributed by atoms with van der Waals surface area (Å²) >= 11 is 0. The molecule has 1 aromatic rings. The van der Waals surface area contributed by atoms with Crippen LogP contribution < -0.4 is 0 Å². The van der Waals surface area contributed by atoms with Gasteiger partial charge in [-0.2, -0.15) is 0 Å². The van der Waals surface area contributed by atoms with Crippen LogP contribution in [-0.4, -0.2) is 29.0 Å².